The number of amides is 1. The Morgan fingerprint density at radius 3 is 3.26 bits per heavy atom. The maximum atomic E-state index is 11.8. The molecule has 2 rings (SSSR count). The minimum atomic E-state index is 0.137. The van der Waals surface area contributed by atoms with Gasteiger partial charge in [-0.15, -0.1) is 0 Å². The second kappa shape index (κ2) is 7.96. The monoisotopic (exact) mass is 266 g/mol. The van der Waals surface area contributed by atoms with E-state index < -0.39 is 0 Å². The molecule has 2 heterocycles. The Kier molecular flexibility index (Phi) is 5.91. The van der Waals surface area contributed by atoms with Crippen LogP contribution in [0.15, 0.2) is 22.8 Å². The van der Waals surface area contributed by atoms with Gasteiger partial charge in [-0.2, -0.15) is 0 Å². The average Bonchev–Trinajstić information content (AvgIpc) is 2.96. The Morgan fingerprint density at radius 1 is 1.58 bits per heavy atom. The molecule has 1 aromatic rings. The first kappa shape index (κ1) is 14.1. The normalized spacial score (nSPS) is 19.3. The van der Waals surface area contributed by atoms with E-state index in [1.54, 1.807) is 6.26 Å². The van der Waals surface area contributed by atoms with Crippen molar-refractivity contribution in [1.82, 2.24) is 10.6 Å². The number of hydrogen-bond donors (Lipinski definition) is 2. The van der Waals surface area contributed by atoms with Crippen LogP contribution < -0.4 is 10.6 Å². The molecule has 2 N–H and O–H groups in total. The van der Waals surface area contributed by atoms with Crippen molar-refractivity contribution in [2.75, 3.05) is 26.2 Å². The number of furan rings is 1. The molecule has 0 aliphatic carbocycles. The standard InChI is InChI=1S/C14H22N2O3/c17-14(12-4-1-6-15-10-12)16-7-3-8-18-11-13-5-2-9-19-13/h2,5,9,12,15H,1,3-4,6-8,10-11H2,(H,16,17). The van der Waals surface area contributed by atoms with Gasteiger partial charge in [-0.3, -0.25) is 4.79 Å². The van der Waals surface area contributed by atoms with Crippen molar-refractivity contribution in [2.24, 2.45) is 5.92 Å². The highest BCUT2D eigenvalue weighted by atomic mass is 16.5. The molecule has 5 nitrogen and oxygen atoms in total. The van der Waals surface area contributed by atoms with Crippen molar-refractivity contribution in [3.63, 3.8) is 0 Å². The van der Waals surface area contributed by atoms with Crippen LogP contribution in [0.1, 0.15) is 25.0 Å². The zero-order valence-electron chi connectivity index (χ0n) is 11.2. The number of carbonyl (C=O) groups excluding carboxylic acids is 1. The summed E-state index contributed by atoms with van der Waals surface area (Å²) in [5, 5.41) is 6.21. The molecule has 1 aliphatic rings. The fourth-order valence-corrected chi connectivity index (χ4v) is 2.17. The summed E-state index contributed by atoms with van der Waals surface area (Å²) in [5.74, 6) is 1.13. The van der Waals surface area contributed by atoms with Crippen LogP contribution in [-0.4, -0.2) is 32.1 Å². The first-order valence-corrected chi connectivity index (χ1v) is 6.95. The summed E-state index contributed by atoms with van der Waals surface area (Å²) in [6.45, 7) is 3.64. The van der Waals surface area contributed by atoms with Gasteiger partial charge >= 0.3 is 0 Å². The number of ether oxygens (including phenoxy) is 1. The molecular weight excluding hydrogens is 244 g/mol. The van der Waals surface area contributed by atoms with Crippen LogP contribution in [-0.2, 0) is 16.1 Å². The Morgan fingerprint density at radius 2 is 2.53 bits per heavy atom. The van der Waals surface area contributed by atoms with E-state index in [0.29, 0.717) is 19.8 Å². The number of nitrogens with one attached hydrogen (secondary N) is 2. The average molecular weight is 266 g/mol. The third-order valence-electron chi connectivity index (χ3n) is 3.26. The number of piperidine rings is 1. The molecule has 0 saturated carbocycles. The molecule has 19 heavy (non-hydrogen) atoms. The smallest absolute Gasteiger partial charge is 0.224 e. The second-order valence-corrected chi connectivity index (χ2v) is 4.82. The maximum Gasteiger partial charge on any atom is 0.224 e. The topological polar surface area (TPSA) is 63.5 Å². The van der Waals surface area contributed by atoms with Crippen molar-refractivity contribution >= 4 is 5.91 Å². The van der Waals surface area contributed by atoms with Gasteiger partial charge in [0.1, 0.15) is 12.4 Å². The Balaban J connectivity index is 1.48. The molecule has 1 aromatic heterocycles. The summed E-state index contributed by atoms with van der Waals surface area (Å²) in [6, 6.07) is 3.73. The van der Waals surface area contributed by atoms with Crippen molar-refractivity contribution in [1.29, 1.82) is 0 Å². The van der Waals surface area contributed by atoms with E-state index in [0.717, 1.165) is 38.1 Å². The van der Waals surface area contributed by atoms with Gasteiger partial charge in [0.15, 0.2) is 0 Å². The Labute approximate surface area is 113 Å². The van der Waals surface area contributed by atoms with E-state index in [-0.39, 0.29) is 11.8 Å². The summed E-state index contributed by atoms with van der Waals surface area (Å²) in [7, 11) is 0. The van der Waals surface area contributed by atoms with Gasteiger partial charge < -0.3 is 19.8 Å². The van der Waals surface area contributed by atoms with Gasteiger partial charge in [-0.1, -0.05) is 0 Å². The molecule has 0 radical (unpaired) electrons. The van der Waals surface area contributed by atoms with Crippen molar-refractivity contribution in [2.45, 2.75) is 25.9 Å². The van der Waals surface area contributed by atoms with E-state index in [1.165, 1.54) is 0 Å². The zero-order chi connectivity index (χ0) is 13.3. The first-order chi connectivity index (χ1) is 9.36. The van der Waals surface area contributed by atoms with Crippen LogP contribution >= 0.6 is 0 Å². The molecule has 1 atom stereocenters. The van der Waals surface area contributed by atoms with Gasteiger partial charge in [0.25, 0.3) is 0 Å². The lowest BCUT2D eigenvalue weighted by Gasteiger charge is -2.21. The van der Waals surface area contributed by atoms with E-state index in [4.69, 9.17) is 9.15 Å². The maximum absolute atomic E-state index is 11.8. The van der Waals surface area contributed by atoms with Crippen LogP contribution in [0, 0.1) is 5.92 Å². The van der Waals surface area contributed by atoms with E-state index in [9.17, 15) is 4.79 Å². The van der Waals surface area contributed by atoms with Gasteiger partial charge in [0, 0.05) is 19.7 Å². The first-order valence-electron chi connectivity index (χ1n) is 6.95. The highest BCUT2D eigenvalue weighted by Crippen LogP contribution is 2.09. The molecule has 1 aliphatic heterocycles. The largest absolute Gasteiger partial charge is 0.467 e. The van der Waals surface area contributed by atoms with Gasteiger partial charge in [0.2, 0.25) is 5.91 Å². The van der Waals surface area contributed by atoms with E-state index in [2.05, 4.69) is 10.6 Å². The molecule has 1 amide bonds. The molecule has 5 heteroatoms. The van der Waals surface area contributed by atoms with Crippen LogP contribution in [0.2, 0.25) is 0 Å². The van der Waals surface area contributed by atoms with E-state index in [1.807, 2.05) is 12.1 Å². The lowest BCUT2D eigenvalue weighted by Crippen LogP contribution is -2.40. The Bertz CT molecular complexity index is 359. The van der Waals surface area contributed by atoms with Gasteiger partial charge in [0.05, 0.1) is 12.2 Å². The molecule has 1 fully saturated rings. The third-order valence-corrected chi connectivity index (χ3v) is 3.26. The van der Waals surface area contributed by atoms with Crippen LogP contribution in [0.3, 0.4) is 0 Å². The fraction of sp³-hybridized carbons (Fsp3) is 0.643. The summed E-state index contributed by atoms with van der Waals surface area (Å²) in [4.78, 5) is 11.8. The summed E-state index contributed by atoms with van der Waals surface area (Å²) >= 11 is 0. The zero-order valence-corrected chi connectivity index (χ0v) is 11.2. The fourth-order valence-electron chi connectivity index (χ4n) is 2.17. The molecule has 1 unspecified atom stereocenters. The Hall–Kier alpha value is -1.33. The van der Waals surface area contributed by atoms with Gasteiger partial charge in [-0.05, 0) is 37.9 Å². The molecule has 106 valence electrons. The highest BCUT2D eigenvalue weighted by molar-refractivity contribution is 5.78. The quantitative estimate of drug-likeness (QED) is 0.730. The predicted molar refractivity (Wildman–Crippen MR) is 71.6 cm³/mol. The highest BCUT2D eigenvalue weighted by Gasteiger charge is 2.19. The minimum Gasteiger partial charge on any atom is -0.467 e. The molecule has 0 bridgehead atoms. The van der Waals surface area contributed by atoms with Crippen molar-refractivity contribution < 1.29 is 13.9 Å². The van der Waals surface area contributed by atoms with Crippen molar-refractivity contribution in [3.05, 3.63) is 24.2 Å². The summed E-state index contributed by atoms with van der Waals surface area (Å²) in [5.41, 5.74) is 0. The van der Waals surface area contributed by atoms with Crippen LogP contribution in [0.25, 0.3) is 0 Å². The van der Waals surface area contributed by atoms with Crippen LogP contribution in [0.4, 0.5) is 0 Å². The molecule has 1 saturated heterocycles. The molecule has 0 spiro atoms. The predicted octanol–water partition coefficient (Wildman–Crippen LogP) is 1.30. The minimum absolute atomic E-state index is 0.137. The SMILES string of the molecule is O=C(NCCCOCc1ccco1)C1CCCNC1. The van der Waals surface area contributed by atoms with E-state index >= 15 is 0 Å². The lowest BCUT2D eigenvalue weighted by molar-refractivity contribution is -0.125. The molecular formula is C14H22N2O3. The third kappa shape index (κ3) is 5.04. The van der Waals surface area contributed by atoms with Gasteiger partial charge in [-0.25, -0.2) is 0 Å². The lowest BCUT2D eigenvalue weighted by atomic mass is 9.99. The molecule has 0 aromatic carbocycles. The number of hydrogen-bond acceptors (Lipinski definition) is 4. The van der Waals surface area contributed by atoms with Crippen LogP contribution in [0.5, 0.6) is 0 Å². The number of rotatable bonds is 7. The van der Waals surface area contributed by atoms with Crippen molar-refractivity contribution in [3.8, 4) is 0 Å². The number of carbonyl (C=O) groups is 1. The summed E-state index contributed by atoms with van der Waals surface area (Å²) in [6.07, 6.45) is 4.54. The summed E-state index contributed by atoms with van der Waals surface area (Å²) < 4.78 is 10.6. The second-order valence-electron chi connectivity index (χ2n) is 4.82.